The lowest BCUT2D eigenvalue weighted by atomic mass is 10.1. The van der Waals surface area contributed by atoms with Crippen LogP contribution in [0.25, 0.3) is 10.9 Å². The normalized spacial score (nSPS) is 11.8. The highest BCUT2D eigenvalue weighted by Crippen LogP contribution is 2.36. The lowest BCUT2D eigenvalue weighted by Crippen LogP contribution is -2.22. The molecule has 5 N–H and O–H groups in total. The van der Waals surface area contributed by atoms with Crippen LogP contribution in [0.4, 0.5) is 11.4 Å². The summed E-state index contributed by atoms with van der Waals surface area (Å²) in [5, 5.41) is 26.7. The minimum Gasteiger partial charge on any atom is -0.493 e. The molecule has 0 atom stereocenters. The second-order valence-corrected chi connectivity index (χ2v) is 8.43. The molecule has 11 heteroatoms. The Morgan fingerprint density at radius 2 is 1.91 bits per heavy atom. The first-order valence-corrected chi connectivity index (χ1v) is 10.9. The number of H-pyrrole nitrogens is 1. The van der Waals surface area contributed by atoms with Gasteiger partial charge in [-0.1, -0.05) is 6.07 Å². The number of nitrogens with two attached hydrogens (primary N) is 1. The van der Waals surface area contributed by atoms with Gasteiger partial charge in [0.25, 0.3) is 5.91 Å². The Balaban J connectivity index is 1.57. The predicted molar refractivity (Wildman–Crippen MR) is 117 cm³/mol. The van der Waals surface area contributed by atoms with Crippen LogP contribution in [0.2, 0.25) is 0 Å². The van der Waals surface area contributed by atoms with Gasteiger partial charge in [-0.3, -0.25) is 9.78 Å². The molecule has 0 unspecified atom stereocenters. The summed E-state index contributed by atoms with van der Waals surface area (Å²) in [6.07, 6.45) is 3.32. The average molecular weight is 450 g/mol. The van der Waals surface area contributed by atoms with Gasteiger partial charge in [-0.2, -0.15) is 5.11 Å². The molecule has 0 bridgehead atoms. The van der Waals surface area contributed by atoms with Crippen LogP contribution >= 0.6 is 0 Å². The molecule has 0 aliphatic rings. The van der Waals surface area contributed by atoms with Gasteiger partial charge < -0.3 is 15.4 Å². The Hall–Kier alpha value is -4.09. The third-order valence-electron chi connectivity index (χ3n) is 4.62. The summed E-state index contributed by atoms with van der Waals surface area (Å²) < 4.78 is 22.7. The molecule has 4 aromatic rings. The molecule has 4 rings (SSSR count). The summed E-state index contributed by atoms with van der Waals surface area (Å²) in [5.74, 6) is -0.504. The fraction of sp³-hybridized carbons (Fsp3) is 0.0476. The van der Waals surface area contributed by atoms with Gasteiger partial charge in [-0.25, -0.2) is 13.6 Å². The number of fused-ring (bicyclic) bond motifs is 1. The van der Waals surface area contributed by atoms with Crippen molar-refractivity contribution in [3.05, 3.63) is 78.1 Å². The van der Waals surface area contributed by atoms with Crippen LogP contribution in [0.15, 0.2) is 82.1 Å². The fourth-order valence-corrected chi connectivity index (χ4v) is 3.52. The van der Waals surface area contributed by atoms with E-state index in [0.717, 1.165) is 5.56 Å². The van der Waals surface area contributed by atoms with E-state index in [0.29, 0.717) is 28.7 Å². The molecule has 2 aromatic carbocycles. The van der Waals surface area contributed by atoms with Gasteiger partial charge in [-0.15, -0.1) is 5.11 Å². The number of hydrogen-bond donors (Lipinski definition) is 4. The van der Waals surface area contributed by atoms with E-state index in [1.54, 1.807) is 36.7 Å². The number of sulfonamides is 1. The van der Waals surface area contributed by atoms with Crippen molar-refractivity contribution in [3.8, 4) is 5.88 Å². The largest absolute Gasteiger partial charge is 0.493 e. The summed E-state index contributed by atoms with van der Waals surface area (Å²) in [7, 11) is -3.81. The number of hydrogen-bond acceptors (Lipinski definition) is 7. The van der Waals surface area contributed by atoms with Crippen LogP contribution in [0.1, 0.15) is 15.9 Å². The summed E-state index contributed by atoms with van der Waals surface area (Å²) in [6, 6.07) is 14.0. The highest BCUT2D eigenvalue weighted by Gasteiger charge is 2.14. The Morgan fingerprint density at radius 3 is 2.59 bits per heavy atom. The van der Waals surface area contributed by atoms with Crippen molar-refractivity contribution in [3.63, 3.8) is 0 Å². The standard InChI is InChI=1S/C21H18N6O4S/c22-32(30,31)16-6-4-15(5-7-16)26-27-19-17-10-14(3-8-18(17)25-21(19)29)20(28)24-12-13-2-1-9-23-11-13/h1-11,25,29H,12H2,(H,24,28)(H2,22,30,31). The lowest BCUT2D eigenvalue weighted by Gasteiger charge is -2.05. The maximum atomic E-state index is 12.6. The number of pyridine rings is 1. The SMILES string of the molecule is NS(=O)(=O)c1ccc(N=Nc2c(O)[nH]c3ccc(C(=O)NCc4cccnc4)cc23)cc1. The minimum atomic E-state index is -3.81. The van der Waals surface area contributed by atoms with E-state index in [1.807, 2.05) is 6.07 Å². The van der Waals surface area contributed by atoms with Crippen LogP contribution in [0, 0.1) is 0 Å². The van der Waals surface area contributed by atoms with E-state index in [1.165, 1.54) is 24.3 Å². The second-order valence-electron chi connectivity index (χ2n) is 6.87. The van der Waals surface area contributed by atoms with Gasteiger partial charge in [0.1, 0.15) is 0 Å². The third-order valence-corrected chi connectivity index (χ3v) is 5.55. The number of benzene rings is 2. The molecule has 162 valence electrons. The van der Waals surface area contributed by atoms with Gasteiger partial charge in [0.2, 0.25) is 15.9 Å². The van der Waals surface area contributed by atoms with Crippen LogP contribution in [0.3, 0.4) is 0 Å². The van der Waals surface area contributed by atoms with Crippen molar-refractivity contribution in [2.45, 2.75) is 11.4 Å². The summed E-state index contributed by atoms with van der Waals surface area (Å²) >= 11 is 0. The molecule has 0 spiro atoms. The molecular formula is C21H18N6O4S. The average Bonchev–Trinajstić information content (AvgIpc) is 3.10. The number of carbonyl (C=O) groups is 1. The van der Waals surface area contributed by atoms with Crippen molar-refractivity contribution < 1.29 is 18.3 Å². The molecule has 0 fully saturated rings. The van der Waals surface area contributed by atoms with Gasteiger partial charge in [-0.05, 0) is 54.1 Å². The number of aromatic amines is 1. The lowest BCUT2D eigenvalue weighted by molar-refractivity contribution is 0.0951. The minimum absolute atomic E-state index is 0.0478. The van der Waals surface area contributed by atoms with E-state index in [-0.39, 0.29) is 22.4 Å². The highest BCUT2D eigenvalue weighted by atomic mass is 32.2. The molecule has 2 aromatic heterocycles. The zero-order valence-electron chi connectivity index (χ0n) is 16.6. The monoisotopic (exact) mass is 450 g/mol. The molecule has 1 amide bonds. The first kappa shape index (κ1) is 21.2. The van der Waals surface area contributed by atoms with Crippen LogP contribution in [0.5, 0.6) is 5.88 Å². The van der Waals surface area contributed by atoms with E-state index >= 15 is 0 Å². The number of primary sulfonamides is 1. The van der Waals surface area contributed by atoms with E-state index in [9.17, 15) is 18.3 Å². The fourth-order valence-electron chi connectivity index (χ4n) is 3.00. The van der Waals surface area contributed by atoms with Gasteiger partial charge in [0, 0.05) is 29.9 Å². The molecule has 10 nitrogen and oxygen atoms in total. The molecule has 0 radical (unpaired) electrons. The Kier molecular flexibility index (Phi) is 5.67. The maximum absolute atomic E-state index is 12.6. The molecule has 32 heavy (non-hydrogen) atoms. The van der Waals surface area contributed by atoms with Crippen molar-refractivity contribution in [1.29, 1.82) is 0 Å². The van der Waals surface area contributed by atoms with E-state index in [2.05, 4.69) is 25.5 Å². The zero-order valence-corrected chi connectivity index (χ0v) is 17.4. The number of amides is 1. The van der Waals surface area contributed by atoms with Crippen molar-refractivity contribution in [2.24, 2.45) is 15.4 Å². The number of aromatic hydroxyl groups is 1. The quantitative estimate of drug-likeness (QED) is 0.331. The Morgan fingerprint density at radius 1 is 1.12 bits per heavy atom. The highest BCUT2D eigenvalue weighted by molar-refractivity contribution is 7.89. The van der Waals surface area contributed by atoms with Gasteiger partial charge in [0.05, 0.1) is 16.1 Å². The third kappa shape index (κ3) is 4.63. The van der Waals surface area contributed by atoms with Gasteiger partial charge in [0.15, 0.2) is 5.69 Å². The van der Waals surface area contributed by atoms with E-state index in [4.69, 9.17) is 5.14 Å². The van der Waals surface area contributed by atoms with Crippen LogP contribution in [-0.2, 0) is 16.6 Å². The van der Waals surface area contributed by atoms with Crippen LogP contribution in [-0.4, -0.2) is 29.4 Å². The van der Waals surface area contributed by atoms with Gasteiger partial charge >= 0.3 is 0 Å². The van der Waals surface area contributed by atoms with Crippen molar-refractivity contribution in [1.82, 2.24) is 15.3 Å². The van der Waals surface area contributed by atoms with Crippen molar-refractivity contribution >= 4 is 38.2 Å². The topological polar surface area (TPSA) is 163 Å². The number of carbonyl (C=O) groups excluding carboxylic acids is 1. The molecule has 0 aliphatic carbocycles. The molecule has 0 saturated heterocycles. The first-order chi connectivity index (χ1) is 15.3. The number of nitrogens with one attached hydrogen (secondary N) is 2. The number of aromatic nitrogens is 2. The summed E-state index contributed by atoms with van der Waals surface area (Å²) in [6.45, 7) is 0.324. The van der Waals surface area contributed by atoms with Crippen LogP contribution < -0.4 is 10.5 Å². The maximum Gasteiger partial charge on any atom is 0.251 e. The first-order valence-electron chi connectivity index (χ1n) is 9.38. The van der Waals surface area contributed by atoms with E-state index < -0.39 is 10.0 Å². The molecule has 2 heterocycles. The number of rotatable bonds is 6. The second kappa shape index (κ2) is 8.57. The van der Waals surface area contributed by atoms with Crippen molar-refractivity contribution in [2.75, 3.05) is 0 Å². The molecular weight excluding hydrogens is 432 g/mol. The smallest absolute Gasteiger partial charge is 0.251 e. The Bertz CT molecular complexity index is 1410. The Labute approximate surface area is 182 Å². The zero-order chi connectivity index (χ0) is 22.7. The number of azo groups is 1. The molecule has 0 aliphatic heterocycles. The predicted octanol–water partition coefficient (Wildman–Crippen LogP) is 3.26. The number of nitrogens with zero attached hydrogens (tertiary/aromatic N) is 3. The molecule has 0 saturated carbocycles. The summed E-state index contributed by atoms with van der Waals surface area (Å²) in [4.78, 5) is 19.3. The summed E-state index contributed by atoms with van der Waals surface area (Å²) in [5.41, 5.74) is 2.33.